The Morgan fingerprint density at radius 2 is 1.62 bits per heavy atom. The Kier molecular flexibility index (Phi) is 3.66. The number of aromatic nitrogens is 2. The number of nitrogens with zero attached hydrogens (tertiary/aromatic N) is 2. The molecule has 0 aromatic carbocycles. The van der Waals surface area contributed by atoms with Crippen molar-refractivity contribution in [2.24, 2.45) is 0 Å². The van der Waals surface area contributed by atoms with Crippen LogP contribution in [0.1, 0.15) is 20.8 Å². The van der Waals surface area contributed by atoms with Crippen LogP contribution in [0, 0.1) is 0 Å². The van der Waals surface area contributed by atoms with Gasteiger partial charge in [-0.05, 0) is 20.8 Å². The van der Waals surface area contributed by atoms with Crippen molar-refractivity contribution in [1.29, 1.82) is 0 Å². The number of nitrogens with one attached hydrogen (secondary N) is 1. The predicted octanol–water partition coefficient (Wildman–Crippen LogP) is 2.32. The first-order chi connectivity index (χ1) is 7.15. The van der Waals surface area contributed by atoms with Gasteiger partial charge in [-0.2, -0.15) is 0 Å². The first-order valence-corrected chi connectivity index (χ1v) is 6.57. The number of halogens is 2. The lowest BCUT2D eigenvalue weighted by molar-refractivity contribution is 0.566. The van der Waals surface area contributed by atoms with Crippen LogP contribution in [-0.4, -0.2) is 23.1 Å². The Morgan fingerprint density at radius 3 is 2.00 bits per heavy atom. The third kappa shape index (κ3) is 2.75. The average Bonchev–Trinajstić information content (AvgIpc) is 2.10. The lowest BCUT2D eigenvalue weighted by atomic mass is 10.3. The fourth-order valence-corrected chi connectivity index (χ4v) is 2.01. The molecule has 0 bridgehead atoms. The van der Waals surface area contributed by atoms with Crippen molar-refractivity contribution in [3.05, 3.63) is 16.6 Å². The largest absolute Gasteiger partial charge is 0.277 e. The van der Waals surface area contributed by atoms with Crippen molar-refractivity contribution in [3.8, 4) is 0 Å². The lowest BCUT2D eigenvalue weighted by Gasteiger charge is -2.20. The number of hydrogen-bond acceptors (Lipinski definition) is 4. The van der Waals surface area contributed by atoms with Crippen LogP contribution >= 0.6 is 23.2 Å². The molecule has 0 radical (unpaired) electrons. The zero-order valence-electron chi connectivity index (χ0n) is 8.95. The highest BCUT2D eigenvalue weighted by molar-refractivity contribution is 7.94. The number of hydrogen-bond donors (Lipinski definition) is 1. The Labute approximate surface area is 104 Å². The van der Waals surface area contributed by atoms with Gasteiger partial charge in [0.15, 0.2) is 10.3 Å². The van der Waals surface area contributed by atoms with Crippen LogP contribution in [0.15, 0.2) is 6.33 Å². The van der Waals surface area contributed by atoms with Crippen molar-refractivity contribution >= 4 is 38.9 Å². The SMILES string of the molecule is CC(C)(C)S(=O)(=O)Nc1c(Cl)ncnc1Cl. The Bertz CT molecular complexity index is 476. The van der Waals surface area contributed by atoms with E-state index in [-0.39, 0.29) is 16.0 Å². The zero-order chi connectivity index (χ0) is 12.6. The van der Waals surface area contributed by atoms with Crippen LogP contribution in [-0.2, 0) is 10.0 Å². The highest BCUT2D eigenvalue weighted by Gasteiger charge is 2.30. The van der Waals surface area contributed by atoms with E-state index in [9.17, 15) is 8.42 Å². The van der Waals surface area contributed by atoms with E-state index in [0.717, 1.165) is 6.33 Å². The van der Waals surface area contributed by atoms with E-state index >= 15 is 0 Å². The molecule has 0 spiro atoms. The van der Waals surface area contributed by atoms with Crippen molar-refractivity contribution in [1.82, 2.24) is 9.97 Å². The van der Waals surface area contributed by atoms with E-state index in [1.807, 2.05) is 0 Å². The second kappa shape index (κ2) is 4.35. The summed E-state index contributed by atoms with van der Waals surface area (Å²) in [5.74, 6) is 0. The third-order valence-corrected chi connectivity index (χ3v) is 4.46. The minimum absolute atomic E-state index is 0.000702. The standard InChI is InChI=1S/C8H11Cl2N3O2S/c1-8(2,3)16(14,15)13-5-6(9)11-4-12-7(5)10/h4,13H,1-3H3. The smallest absolute Gasteiger partial charge is 0.237 e. The molecule has 0 saturated heterocycles. The molecule has 0 saturated carbocycles. The third-order valence-electron chi connectivity index (χ3n) is 1.80. The average molecular weight is 284 g/mol. The molecule has 1 N–H and O–H groups in total. The summed E-state index contributed by atoms with van der Waals surface area (Å²) in [5, 5.41) is -0.0688. The molecule has 0 fully saturated rings. The van der Waals surface area contributed by atoms with Gasteiger partial charge in [0.2, 0.25) is 10.0 Å². The summed E-state index contributed by atoms with van der Waals surface area (Å²) < 4.78 is 25.0. The minimum Gasteiger partial charge on any atom is -0.277 e. The maximum Gasteiger partial charge on any atom is 0.237 e. The fraction of sp³-hybridized carbons (Fsp3) is 0.500. The van der Waals surface area contributed by atoms with Crippen LogP contribution in [0.3, 0.4) is 0 Å². The number of sulfonamides is 1. The van der Waals surface area contributed by atoms with Crippen LogP contribution in [0.5, 0.6) is 0 Å². The van der Waals surface area contributed by atoms with Gasteiger partial charge in [-0.3, -0.25) is 4.72 Å². The summed E-state index contributed by atoms with van der Waals surface area (Å²) in [4.78, 5) is 7.30. The van der Waals surface area contributed by atoms with Gasteiger partial charge in [0.1, 0.15) is 12.0 Å². The molecule has 5 nitrogen and oxygen atoms in total. The first kappa shape index (κ1) is 13.5. The highest BCUT2D eigenvalue weighted by atomic mass is 35.5. The van der Waals surface area contributed by atoms with E-state index < -0.39 is 14.8 Å². The van der Waals surface area contributed by atoms with E-state index in [1.165, 1.54) is 0 Å². The van der Waals surface area contributed by atoms with Gasteiger partial charge in [0, 0.05) is 0 Å². The quantitative estimate of drug-likeness (QED) is 0.846. The molecule has 16 heavy (non-hydrogen) atoms. The monoisotopic (exact) mass is 283 g/mol. The number of anilines is 1. The normalized spacial score (nSPS) is 12.6. The molecule has 1 aromatic rings. The molecule has 8 heteroatoms. The molecule has 1 heterocycles. The van der Waals surface area contributed by atoms with Crippen molar-refractivity contribution < 1.29 is 8.42 Å². The van der Waals surface area contributed by atoms with E-state index in [4.69, 9.17) is 23.2 Å². The molecule has 0 aliphatic rings. The maximum atomic E-state index is 11.8. The zero-order valence-corrected chi connectivity index (χ0v) is 11.3. The maximum absolute atomic E-state index is 11.8. The van der Waals surface area contributed by atoms with Crippen molar-refractivity contribution in [3.63, 3.8) is 0 Å². The first-order valence-electron chi connectivity index (χ1n) is 4.33. The molecule has 0 atom stereocenters. The molecular weight excluding hydrogens is 273 g/mol. The molecule has 1 rings (SSSR count). The van der Waals surface area contributed by atoms with Gasteiger partial charge in [-0.1, -0.05) is 23.2 Å². The summed E-state index contributed by atoms with van der Waals surface area (Å²) in [6.07, 6.45) is 1.15. The topological polar surface area (TPSA) is 72.0 Å². The van der Waals surface area contributed by atoms with Crippen LogP contribution in [0.25, 0.3) is 0 Å². The summed E-state index contributed by atoms with van der Waals surface area (Å²) in [5.41, 5.74) is 0.000702. The second-order valence-corrected chi connectivity index (χ2v) is 7.20. The minimum atomic E-state index is -3.59. The molecule has 0 amide bonds. The fourth-order valence-electron chi connectivity index (χ4n) is 0.716. The van der Waals surface area contributed by atoms with Gasteiger partial charge in [0.05, 0.1) is 4.75 Å². The number of rotatable bonds is 2. The Morgan fingerprint density at radius 1 is 1.19 bits per heavy atom. The summed E-state index contributed by atoms with van der Waals surface area (Å²) >= 11 is 11.4. The van der Waals surface area contributed by atoms with E-state index in [2.05, 4.69) is 14.7 Å². The van der Waals surface area contributed by atoms with Crippen LogP contribution < -0.4 is 4.72 Å². The molecule has 0 aliphatic carbocycles. The van der Waals surface area contributed by atoms with Gasteiger partial charge in [0.25, 0.3) is 0 Å². The highest BCUT2D eigenvalue weighted by Crippen LogP contribution is 2.29. The van der Waals surface area contributed by atoms with Gasteiger partial charge in [-0.25, -0.2) is 18.4 Å². The van der Waals surface area contributed by atoms with Gasteiger partial charge < -0.3 is 0 Å². The van der Waals surface area contributed by atoms with Crippen molar-refractivity contribution in [2.75, 3.05) is 4.72 Å². The molecule has 0 aliphatic heterocycles. The Hall–Kier alpha value is -0.590. The molecule has 1 aromatic heterocycles. The summed E-state index contributed by atoms with van der Waals surface area (Å²) in [7, 11) is -3.59. The van der Waals surface area contributed by atoms with Crippen molar-refractivity contribution in [2.45, 2.75) is 25.5 Å². The summed E-state index contributed by atoms with van der Waals surface area (Å²) in [6, 6.07) is 0. The van der Waals surface area contributed by atoms with Gasteiger partial charge >= 0.3 is 0 Å². The van der Waals surface area contributed by atoms with E-state index in [0.29, 0.717) is 0 Å². The second-order valence-electron chi connectivity index (χ2n) is 4.05. The lowest BCUT2D eigenvalue weighted by Crippen LogP contribution is -2.34. The van der Waals surface area contributed by atoms with Crippen LogP contribution in [0.4, 0.5) is 5.69 Å². The van der Waals surface area contributed by atoms with Gasteiger partial charge in [-0.15, -0.1) is 0 Å². The predicted molar refractivity (Wildman–Crippen MR) is 64.3 cm³/mol. The van der Waals surface area contributed by atoms with E-state index in [1.54, 1.807) is 20.8 Å². The summed E-state index contributed by atoms with van der Waals surface area (Å²) in [6.45, 7) is 4.67. The molecule has 0 unspecified atom stereocenters. The Balaban J connectivity index is 3.17. The molecular formula is C8H11Cl2N3O2S. The van der Waals surface area contributed by atoms with Crippen LogP contribution in [0.2, 0.25) is 10.3 Å². The molecule has 90 valence electrons.